The maximum Gasteiger partial charge on any atom is 0.335 e. The Kier molecular flexibility index (Phi) is 8.05. The summed E-state index contributed by atoms with van der Waals surface area (Å²) in [7, 11) is 0. The average Bonchev–Trinajstić information content (AvgIpc) is 2.87. The van der Waals surface area contributed by atoms with E-state index >= 15 is 0 Å². The van der Waals surface area contributed by atoms with E-state index in [4.69, 9.17) is 21.1 Å². The lowest BCUT2D eigenvalue weighted by Gasteiger charge is -2.26. The Morgan fingerprint density at radius 2 is 1.78 bits per heavy atom. The number of nitrogens with zero attached hydrogens (tertiary/aromatic N) is 1. The molecule has 0 bridgehead atoms. The van der Waals surface area contributed by atoms with Crippen LogP contribution in [-0.4, -0.2) is 24.5 Å². The van der Waals surface area contributed by atoms with Crippen LogP contribution in [0.15, 0.2) is 85.0 Å². The summed E-state index contributed by atoms with van der Waals surface area (Å²) in [6.07, 6.45) is 3.63. The van der Waals surface area contributed by atoms with Gasteiger partial charge >= 0.3 is 6.03 Å². The first-order chi connectivity index (χ1) is 17.9. The summed E-state index contributed by atoms with van der Waals surface area (Å²) in [4.78, 5) is 39.3. The quantitative estimate of drug-likeness (QED) is 0.223. The van der Waals surface area contributed by atoms with Gasteiger partial charge in [-0.3, -0.25) is 14.9 Å². The molecule has 1 aliphatic rings. The van der Waals surface area contributed by atoms with Gasteiger partial charge in [0, 0.05) is 10.6 Å². The number of carbonyl (C=O) groups is 3. The fourth-order valence-electron chi connectivity index (χ4n) is 3.90. The molecule has 0 spiro atoms. The number of rotatable bonds is 9. The van der Waals surface area contributed by atoms with Crippen molar-refractivity contribution < 1.29 is 23.9 Å². The first kappa shape index (κ1) is 25.7. The second-order valence-corrected chi connectivity index (χ2v) is 8.58. The standard InChI is InChI=1S/C29H25ClN2O5/c1-3-9-21-14-20(16-25(36-4-2)26(21)37-18-19-10-6-5-7-11-19)15-24-27(33)31-29(35)32(28(24)34)23-13-8-12-22(30)17-23/h3,5-8,10-17H,1,4,9,18H2,2H3,(H,31,33,35)/b24-15+. The Bertz CT molecular complexity index is 1380. The smallest absolute Gasteiger partial charge is 0.335 e. The van der Waals surface area contributed by atoms with Crippen molar-refractivity contribution in [3.05, 3.63) is 107 Å². The number of hydrogen-bond acceptors (Lipinski definition) is 5. The summed E-state index contributed by atoms with van der Waals surface area (Å²) >= 11 is 6.04. The van der Waals surface area contributed by atoms with E-state index in [9.17, 15) is 14.4 Å². The molecule has 37 heavy (non-hydrogen) atoms. The summed E-state index contributed by atoms with van der Waals surface area (Å²) < 4.78 is 12.0. The number of benzene rings is 3. The Morgan fingerprint density at radius 3 is 2.49 bits per heavy atom. The molecule has 1 N–H and O–H groups in total. The summed E-state index contributed by atoms with van der Waals surface area (Å²) in [5.41, 5.74) is 2.35. The number of hydrogen-bond donors (Lipinski definition) is 1. The molecule has 1 saturated heterocycles. The molecule has 3 aromatic carbocycles. The predicted octanol–water partition coefficient (Wildman–Crippen LogP) is 5.71. The van der Waals surface area contributed by atoms with Crippen LogP contribution in [-0.2, 0) is 22.6 Å². The van der Waals surface area contributed by atoms with Gasteiger partial charge in [-0.2, -0.15) is 0 Å². The fraction of sp³-hybridized carbons (Fsp3) is 0.138. The molecule has 1 aliphatic heterocycles. The maximum atomic E-state index is 13.3. The molecule has 4 amide bonds. The van der Waals surface area contributed by atoms with Gasteiger partial charge in [0.15, 0.2) is 11.5 Å². The SMILES string of the molecule is C=CCc1cc(/C=C2\C(=O)NC(=O)N(c3cccc(Cl)c3)C2=O)cc(OCC)c1OCc1ccccc1. The lowest BCUT2D eigenvalue weighted by atomic mass is 10.0. The zero-order chi connectivity index (χ0) is 26.4. The molecule has 0 saturated carbocycles. The van der Waals surface area contributed by atoms with E-state index in [0.29, 0.717) is 41.7 Å². The van der Waals surface area contributed by atoms with Gasteiger partial charge < -0.3 is 9.47 Å². The Labute approximate surface area is 219 Å². The van der Waals surface area contributed by atoms with Crippen molar-refractivity contribution in [2.75, 3.05) is 11.5 Å². The molecule has 8 heteroatoms. The van der Waals surface area contributed by atoms with Gasteiger partial charge in [0.05, 0.1) is 12.3 Å². The first-order valence-corrected chi connectivity index (χ1v) is 12.0. The van der Waals surface area contributed by atoms with Crippen molar-refractivity contribution in [3.8, 4) is 11.5 Å². The minimum Gasteiger partial charge on any atom is -0.490 e. The lowest BCUT2D eigenvalue weighted by Crippen LogP contribution is -2.54. The summed E-state index contributed by atoms with van der Waals surface area (Å²) in [6, 6.07) is 18.7. The van der Waals surface area contributed by atoms with Gasteiger partial charge in [0.2, 0.25) is 0 Å². The van der Waals surface area contributed by atoms with Crippen molar-refractivity contribution >= 4 is 41.2 Å². The van der Waals surface area contributed by atoms with Gasteiger partial charge in [0.1, 0.15) is 12.2 Å². The third kappa shape index (κ3) is 5.90. The molecule has 4 rings (SSSR count). The number of imide groups is 2. The minimum atomic E-state index is -0.846. The molecule has 1 heterocycles. The van der Waals surface area contributed by atoms with Gasteiger partial charge in [0.25, 0.3) is 11.8 Å². The van der Waals surface area contributed by atoms with Crippen LogP contribution in [0, 0.1) is 0 Å². The molecular weight excluding hydrogens is 492 g/mol. The van der Waals surface area contributed by atoms with Crippen molar-refractivity contribution in [1.29, 1.82) is 0 Å². The molecule has 7 nitrogen and oxygen atoms in total. The topological polar surface area (TPSA) is 84.9 Å². The number of allylic oxidation sites excluding steroid dienone is 1. The van der Waals surface area contributed by atoms with Crippen LogP contribution in [0.2, 0.25) is 5.02 Å². The maximum absolute atomic E-state index is 13.3. The van der Waals surface area contributed by atoms with E-state index in [1.807, 2.05) is 37.3 Å². The minimum absolute atomic E-state index is 0.204. The highest BCUT2D eigenvalue weighted by atomic mass is 35.5. The Hall–Kier alpha value is -4.36. The third-order valence-electron chi connectivity index (χ3n) is 5.52. The summed E-state index contributed by atoms with van der Waals surface area (Å²) in [5.74, 6) is -0.524. The van der Waals surface area contributed by atoms with Crippen molar-refractivity contribution in [3.63, 3.8) is 0 Å². The highest BCUT2D eigenvalue weighted by Gasteiger charge is 2.37. The Morgan fingerprint density at radius 1 is 1.00 bits per heavy atom. The molecule has 188 valence electrons. The predicted molar refractivity (Wildman–Crippen MR) is 143 cm³/mol. The van der Waals surface area contributed by atoms with Crippen molar-refractivity contribution in [1.82, 2.24) is 5.32 Å². The normalized spacial score (nSPS) is 14.5. The van der Waals surface area contributed by atoms with Crippen molar-refractivity contribution in [2.45, 2.75) is 20.0 Å². The summed E-state index contributed by atoms with van der Waals surface area (Å²) in [5, 5.41) is 2.57. The number of halogens is 1. The van der Waals surface area contributed by atoms with E-state index in [1.165, 1.54) is 12.1 Å². The van der Waals surface area contributed by atoms with Gasteiger partial charge in [-0.15, -0.1) is 6.58 Å². The molecular formula is C29H25ClN2O5. The molecule has 0 unspecified atom stereocenters. The molecule has 0 atom stereocenters. The number of carbonyl (C=O) groups excluding carboxylic acids is 3. The number of nitrogens with one attached hydrogen (secondary N) is 1. The highest BCUT2D eigenvalue weighted by Crippen LogP contribution is 2.36. The fourth-order valence-corrected chi connectivity index (χ4v) is 4.09. The Balaban J connectivity index is 1.73. The van der Waals surface area contributed by atoms with Crippen LogP contribution in [0.1, 0.15) is 23.6 Å². The monoisotopic (exact) mass is 516 g/mol. The average molecular weight is 517 g/mol. The molecule has 1 fully saturated rings. The van der Waals surface area contributed by atoms with E-state index < -0.39 is 17.8 Å². The second kappa shape index (κ2) is 11.6. The van der Waals surface area contributed by atoms with Gasteiger partial charge in [-0.25, -0.2) is 9.69 Å². The van der Waals surface area contributed by atoms with Crippen LogP contribution >= 0.6 is 11.6 Å². The highest BCUT2D eigenvalue weighted by molar-refractivity contribution is 6.39. The first-order valence-electron chi connectivity index (χ1n) is 11.7. The van der Waals surface area contributed by atoms with Crippen LogP contribution in [0.25, 0.3) is 6.08 Å². The van der Waals surface area contributed by atoms with Crippen LogP contribution in [0.3, 0.4) is 0 Å². The largest absolute Gasteiger partial charge is 0.490 e. The van der Waals surface area contributed by atoms with E-state index in [-0.39, 0.29) is 11.3 Å². The van der Waals surface area contributed by atoms with Gasteiger partial charge in [-0.1, -0.05) is 54.1 Å². The molecule has 0 radical (unpaired) electrons. The van der Waals surface area contributed by atoms with Crippen LogP contribution in [0.5, 0.6) is 11.5 Å². The number of barbiturate groups is 1. The number of ether oxygens (including phenoxy) is 2. The van der Waals surface area contributed by atoms with E-state index in [0.717, 1.165) is 16.0 Å². The van der Waals surface area contributed by atoms with E-state index in [2.05, 4.69) is 11.9 Å². The van der Waals surface area contributed by atoms with Crippen LogP contribution in [0.4, 0.5) is 10.5 Å². The number of urea groups is 1. The third-order valence-corrected chi connectivity index (χ3v) is 5.76. The van der Waals surface area contributed by atoms with Crippen molar-refractivity contribution in [2.24, 2.45) is 0 Å². The molecule has 0 aromatic heterocycles. The molecule has 0 aliphatic carbocycles. The zero-order valence-corrected chi connectivity index (χ0v) is 21.0. The van der Waals surface area contributed by atoms with Gasteiger partial charge in [-0.05, 0) is 60.9 Å². The second-order valence-electron chi connectivity index (χ2n) is 8.15. The van der Waals surface area contributed by atoms with Crippen LogP contribution < -0.4 is 19.7 Å². The zero-order valence-electron chi connectivity index (χ0n) is 20.2. The molecule has 3 aromatic rings. The number of anilines is 1. The summed E-state index contributed by atoms with van der Waals surface area (Å²) in [6.45, 7) is 6.40. The van der Waals surface area contributed by atoms with E-state index in [1.54, 1.807) is 36.4 Å². The number of amides is 4. The lowest BCUT2D eigenvalue weighted by molar-refractivity contribution is -0.122.